The fourth-order valence-corrected chi connectivity index (χ4v) is 5.87. The molecule has 1 aliphatic heterocycles. The van der Waals surface area contributed by atoms with E-state index in [-0.39, 0.29) is 32.1 Å². The number of nitrogens with zero attached hydrogens (tertiary/aromatic N) is 1. The van der Waals surface area contributed by atoms with Gasteiger partial charge in [0.15, 0.2) is 0 Å². The van der Waals surface area contributed by atoms with Crippen molar-refractivity contribution < 1.29 is 31.0 Å². The van der Waals surface area contributed by atoms with Crippen LogP contribution in [-0.2, 0) is 31.0 Å². The molecule has 148 valence electrons. The minimum absolute atomic E-state index is 0. The van der Waals surface area contributed by atoms with Crippen molar-refractivity contribution >= 4 is 22.1 Å². The SMILES string of the molecule is C1CCCC1.C1CCCC1.C[Si](C)(C)[C-]=C[Si](C)(C)C.O=C1CC[N-]1.[Zr+4]. The molecule has 1 heterocycles. The van der Waals surface area contributed by atoms with E-state index in [9.17, 15) is 4.79 Å². The molecule has 0 N–H and O–H groups in total. The summed E-state index contributed by atoms with van der Waals surface area (Å²) in [6.07, 6.45) is 15.7. The first-order chi connectivity index (χ1) is 11.6. The van der Waals surface area contributed by atoms with Crippen molar-refractivity contribution in [2.45, 2.75) is 110 Å². The summed E-state index contributed by atoms with van der Waals surface area (Å²) >= 11 is 0. The van der Waals surface area contributed by atoms with Gasteiger partial charge >= 0.3 is 26.2 Å². The van der Waals surface area contributed by atoms with E-state index in [0.29, 0.717) is 6.42 Å². The maximum absolute atomic E-state index is 9.73. The van der Waals surface area contributed by atoms with Crippen LogP contribution in [0.5, 0.6) is 0 Å². The second kappa shape index (κ2) is 16.5. The number of hydrogen-bond donors (Lipinski definition) is 0. The molecule has 0 bridgehead atoms. The molecule has 0 spiro atoms. The van der Waals surface area contributed by atoms with Crippen molar-refractivity contribution in [3.8, 4) is 0 Å². The Morgan fingerprint density at radius 3 is 1.12 bits per heavy atom. The summed E-state index contributed by atoms with van der Waals surface area (Å²) in [5, 5.41) is 3.43. The van der Waals surface area contributed by atoms with Crippen molar-refractivity contribution in [2.75, 3.05) is 6.54 Å². The average Bonchev–Trinajstić information content (AvgIpc) is 3.19. The second-order valence-electron chi connectivity index (χ2n) is 9.47. The van der Waals surface area contributed by atoms with Gasteiger partial charge in [-0.15, -0.1) is 14.6 Å². The van der Waals surface area contributed by atoms with Crippen molar-refractivity contribution in [1.82, 2.24) is 0 Å². The van der Waals surface area contributed by atoms with E-state index in [1.165, 1.54) is 64.2 Å². The molecule has 3 rings (SSSR count). The molecule has 0 aromatic rings. The number of rotatable bonds is 2. The number of hydrogen-bond acceptors (Lipinski definition) is 1. The van der Waals surface area contributed by atoms with Crippen molar-refractivity contribution in [3.05, 3.63) is 16.7 Å². The predicted molar refractivity (Wildman–Crippen MR) is 119 cm³/mol. The van der Waals surface area contributed by atoms with Crippen LogP contribution in [0, 0.1) is 5.70 Å². The topological polar surface area (TPSA) is 31.2 Å². The molecule has 5 heteroatoms. The average molecular weight is 473 g/mol. The first kappa shape index (κ1) is 28.7. The molecule has 0 radical (unpaired) electrons. The molecule has 2 nitrogen and oxygen atoms in total. The van der Waals surface area contributed by atoms with Gasteiger partial charge in [0.1, 0.15) is 0 Å². The van der Waals surface area contributed by atoms with E-state index >= 15 is 0 Å². The number of carbonyl (C=O) groups excluding carboxylic acids is 1. The molecular weight excluding hydrogens is 430 g/mol. The number of carbonyl (C=O) groups is 1. The van der Waals surface area contributed by atoms with Crippen LogP contribution >= 0.6 is 0 Å². The molecule has 0 aromatic carbocycles. The zero-order chi connectivity index (χ0) is 19.2. The van der Waals surface area contributed by atoms with Crippen LogP contribution in [0.25, 0.3) is 5.32 Å². The van der Waals surface area contributed by atoms with E-state index in [0.717, 1.165) is 6.54 Å². The fraction of sp³-hybridized carbons (Fsp3) is 0.857. The van der Waals surface area contributed by atoms with E-state index in [4.69, 9.17) is 0 Å². The molecule has 26 heavy (non-hydrogen) atoms. The minimum atomic E-state index is -1.04. The van der Waals surface area contributed by atoms with E-state index < -0.39 is 16.1 Å². The van der Waals surface area contributed by atoms with Crippen molar-refractivity contribution in [1.29, 1.82) is 0 Å². The van der Waals surface area contributed by atoms with Crippen LogP contribution in [0.3, 0.4) is 0 Å². The van der Waals surface area contributed by atoms with Gasteiger partial charge in [0, 0.05) is 14.0 Å². The maximum atomic E-state index is 9.73. The van der Waals surface area contributed by atoms with Gasteiger partial charge < -0.3 is 15.8 Å². The van der Waals surface area contributed by atoms with Gasteiger partial charge in [0.2, 0.25) is 0 Å². The molecule has 3 fully saturated rings. The first-order valence-corrected chi connectivity index (χ1v) is 17.5. The number of amides is 1. The van der Waals surface area contributed by atoms with Crippen LogP contribution in [0.15, 0.2) is 5.70 Å². The summed E-state index contributed by atoms with van der Waals surface area (Å²) < 4.78 is 0. The molecule has 1 amide bonds. The summed E-state index contributed by atoms with van der Waals surface area (Å²) in [5.41, 5.74) is 5.88. The molecule has 2 saturated carbocycles. The van der Waals surface area contributed by atoms with Gasteiger partial charge in [0.05, 0.1) is 0 Å². The molecule has 1 saturated heterocycles. The largest absolute Gasteiger partial charge is 4.00 e. The van der Waals surface area contributed by atoms with Crippen LogP contribution < -0.4 is 0 Å². The summed E-state index contributed by atoms with van der Waals surface area (Å²) in [7, 11) is -2.01. The summed E-state index contributed by atoms with van der Waals surface area (Å²) in [6, 6.07) is 0. The van der Waals surface area contributed by atoms with E-state index in [2.05, 4.69) is 56.0 Å². The predicted octanol–water partition coefficient (Wildman–Crippen LogP) is 7.29. The van der Waals surface area contributed by atoms with Crippen molar-refractivity contribution in [2.24, 2.45) is 0 Å². The Morgan fingerprint density at radius 1 is 0.769 bits per heavy atom. The Labute approximate surface area is 185 Å². The van der Waals surface area contributed by atoms with Gasteiger partial charge in [0.25, 0.3) is 0 Å². The zero-order valence-electron chi connectivity index (χ0n) is 18.4. The Kier molecular flexibility index (Phi) is 18.2. The minimum Gasteiger partial charge on any atom is -0.653 e. The van der Waals surface area contributed by atoms with E-state index in [1.54, 1.807) is 0 Å². The molecule has 0 unspecified atom stereocenters. The third kappa shape index (κ3) is 24.5. The van der Waals surface area contributed by atoms with E-state index in [1.807, 2.05) is 0 Å². The quantitative estimate of drug-likeness (QED) is 0.236. The Hall–Kier alpha value is 0.527. The number of β-lactam (4-membered cyclic amide) rings is 1. The van der Waals surface area contributed by atoms with Gasteiger partial charge in [-0.25, -0.2) is 0 Å². The molecule has 3 aliphatic rings. The molecule has 2 aliphatic carbocycles. The standard InChI is InChI=1S/C8H19Si2.2C5H10.C3H5NO.Zr/c1-9(2,3)7-8-10(4,5)6;2*1-2-4-5-3-1;5-3-1-2-4-3;/h7H,1-6H3;2*1-5H2;1-2H2,(H,4,5);/q-1;;;;+4/p-1. The van der Waals surface area contributed by atoms with Gasteiger partial charge in [-0.1, -0.05) is 103 Å². The van der Waals surface area contributed by atoms with Crippen LogP contribution in [0.1, 0.15) is 70.6 Å². The summed E-state index contributed by atoms with van der Waals surface area (Å²) in [4.78, 5) is 9.73. The van der Waals surface area contributed by atoms with Crippen LogP contribution in [0.4, 0.5) is 0 Å². The fourth-order valence-electron chi connectivity index (χ4n) is 2.40. The monoisotopic (exact) mass is 471 g/mol. The normalized spacial score (nSPS) is 18.8. The maximum Gasteiger partial charge on any atom is 4.00 e. The Bertz CT molecular complexity index is 318. The van der Waals surface area contributed by atoms with Gasteiger partial charge in [-0.2, -0.15) is 0 Å². The third-order valence-electron chi connectivity index (χ3n) is 4.05. The Balaban J connectivity index is 0. The second-order valence-corrected chi connectivity index (χ2v) is 19.3. The first-order valence-electron chi connectivity index (χ1n) is 10.4. The third-order valence-corrected chi connectivity index (χ3v) is 6.36. The van der Waals surface area contributed by atoms with Gasteiger partial charge in [-0.3, -0.25) is 5.70 Å². The summed E-state index contributed by atoms with van der Waals surface area (Å²) in [6.45, 7) is 14.8. The van der Waals surface area contributed by atoms with Crippen LogP contribution in [0.2, 0.25) is 39.3 Å². The van der Waals surface area contributed by atoms with Crippen molar-refractivity contribution in [3.63, 3.8) is 0 Å². The summed E-state index contributed by atoms with van der Waals surface area (Å²) in [5.74, 6) is 0.0602. The molecule has 0 atom stereocenters. The van der Waals surface area contributed by atoms with Gasteiger partial charge in [-0.05, 0) is 6.42 Å². The molecule has 0 aromatic heterocycles. The van der Waals surface area contributed by atoms with Crippen LogP contribution in [-0.4, -0.2) is 28.6 Å². The zero-order valence-corrected chi connectivity index (χ0v) is 22.9. The smallest absolute Gasteiger partial charge is 0.653 e. The Morgan fingerprint density at radius 2 is 1.04 bits per heavy atom. The molecular formula is C21H43NOSi2Zr+2.